The third-order valence-electron chi connectivity index (χ3n) is 4.25. The number of halogens is 2. The molecule has 0 aliphatic carbocycles. The number of aromatic nitrogens is 3. The summed E-state index contributed by atoms with van der Waals surface area (Å²) in [6.07, 6.45) is 1.48. The van der Waals surface area contributed by atoms with Crippen LogP contribution in [0.4, 0.5) is 5.82 Å². The van der Waals surface area contributed by atoms with E-state index in [9.17, 15) is 0 Å². The minimum Gasteiger partial charge on any atom is -0.382 e. The van der Waals surface area contributed by atoms with E-state index in [1.165, 1.54) is 17.7 Å². The van der Waals surface area contributed by atoms with Gasteiger partial charge in [0.25, 0.3) is 0 Å². The fourth-order valence-corrected chi connectivity index (χ4v) is 5.31. The lowest BCUT2D eigenvalue weighted by Gasteiger charge is -2.09. The van der Waals surface area contributed by atoms with Crippen LogP contribution in [-0.2, 0) is 0 Å². The molecule has 0 radical (unpaired) electrons. The topological polar surface area (TPSA) is 64.7 Å². The van der Waals surface area contributed by atoms with Gasteiger partial charge in [0.15, 0.2) is 0 Å². The molecule has 2 N–H and O–H groups in total. The van der Waals surface area contributed by atoms with Crippen LogP contribution in [0.15, 0.2) is 48.1 Å². The van der Waals surface area contributed by atoms with Gasteiger partial charge in [-0.1, -0.05) is 35.3 Å². The van der Waals surface area contributed by atoms with Crippen molar-refractivity contribution in [1.29, 1.82) is 0 Å². The summed E-state index contributed by atoms with van der Waals surface area (Å²) in [6.45, 7) is 0. The van der Waals surface area contributed by atoms with Gasteiger partial charge in [-0.2, -0.15) is 0 Å². The molecule has 0 fully saturated rings. The van der Waals surface area contributed by atoms with Crippen LogP contribution in [-0.4, -0.2) is 15.0 Å². The summed E-state index contributed by atoms with van der Waals surface area (Å²) in [5, 5.41) is 4.13. The van der Waals surface area contributed by atoms with Crippen molar-refractivity contribution in [2.24, 2.45) is 0 Å². The Morgan fingerprint density at radius 3 is 2.67 bits per heavy atom. The van der Waals surface area contributed by atoms with Crippen molar-refractivity contribution in [3.63, 3.8) is 0 Å². The molecule has 5 rings (SSSR count). The number of hydrogen-bond acceptors (Lipinski definition) is 6. The lowest BCUT2D eigenvalue weighted by molar-refractivity contribution is 1.24. The Bertz CT molecular complexity index is 1310. The second-order valence-electron chi connectivity index (χ2n) is 5.88. The number of nitrogens with zero attached hydrogens (tertiary/aromatic N) is 3. The van der Waals surface area contributed by atoms with Crippen molar-refractivity contribution >= 4 is 72.1 Å². The van der Waals surface area contributed by atoms with E-state index in [1.54, 1.807) is 17.4 Å². The molecule has 0 aliphatic rings. The molecule has 0 amide bonds. The van der Waals surface area contributed by atoms with E-state index in [-0.39, 0.29) is 0 Å². The summed E-state index contributed by atoms with van der Waals surface area (Å²) >= 11 is 15.8. The van der Waals surface area contributed by atoms with Crippen LogP contribution in [0.5, 0.6) is 0 Å². The summed E-state index contributed by atoms with van der Waals surface area (Å²) in [4.78, 5) is 15.4. The van der Waals surface area contributed by atoms with Gasteiger partial charge in [0.1, 0.15) is 17.0 Å². The molecule has 4 nitrogen and oxygen atoms in total. The molecule has 0 atom stereocenters. The molecule has 0 saturated heterocycles. The summed E-state index contributed by atoms with van der Waals surface area (Å²) in [5.74, 6) is 0.453. The van der Waals surface area contributed by atoms with E-state index in [4.69, 9.17) is 33.9 Å². The van der Waals surface area contributed by atoms with Crippen LogP contribution in [0.3, 0.4) is 0 Å². The number of benzene rings is 1. The minimum absolute atomic E-state index is 0.453. The summed E-state index contributed by atoms with van der Waals surface area (Å²) < 4.78 is 0.828. The van der Waals surface area contributed by atoms with Crippen molar-refractivity contribution in [1.82, 2.24) is 15.0 Å². The Morgan fingerprint density at radius 2 is 1.89 bits per heavy atom. The Hall–Kier alpha value is -2.25. The lowest BCUT2D eigenvalue weighted by Crippen LogP contribution is -1.91. The second-order valence-corrected chi connectivity index (χ2v) is 8.67. The largest absolute Gasteiger partial charge is 0.382 e. The molecule has 4 aromatic heterocycles. The first-order valence-corrected chi connectivity index (χ1v) is 10.4. The van der Waals surface area contributed by atoms with E-state index in [0.29, 0.717) is 15.9 Å². The number of fused-ring (bicyclic) bond motifs is 3. The predicted molar refractivity (Wildman–Crippen MR) is 116 cm³/mol. The molecule has 4 heterocycles. The number of hydrogen-bond donors (Lipinski definition) is 1. The van der Waals surface area contributed by atoms with Gasteiger partial charge in [0, 0.05) is 21.0 Å². The maximum atomic E-state index is 6.53. The van der Waals surface area contributed by atoms with Crippen molar-refractivity contribution in [3.8, 4) is 21.7 Å². The minimum atomic E-state index is 0.453. The van der Waals surface area contributed by atoms with Crippen LogP contribution < -0.4 is 5.73 Å². The zero-order valence-electron chi connectivity index (χ0n) is 13.6. The van der Waals surface area contributed by atoms with Crippen molar-refractivity contribution in [2.45, 2.75) is 0 Å². The Balaban J connectivity index is 1.93. The molecule has 1 aromatic carbocycles. The molecule has 132 valence electrons. The highest BCUT2D eigenvalue weighted by molar-refractivity contribution is 7.26. The average Bonchev–Trinajstić information content (AvgIpc) is 3.29. The van der Waals surface area contributed by atoms with Crippen LogP contribution in [0, 0.1) is 0 Å². The molecule has 0 spiro atoms. The standard InChI is InChI=1S/C19H10Cl2N4S2/c20-9-3-4-10(12(21)6-9)11-7-13(14-2-1-5-26-14)25-19-15(11)16-17(27-19)18(22)24-8-23-16/h1-8H,(H2,22,23,24). The second kappa shape index (κ2) is 6.42. The summed E-state index contributed by atoms with van der Waals surface area (Å²) in [5.41, 5.74) is 9.58. The van der Waals surface area contributed by atoms with Gasteiger partial charge in [-0.05, 0) is 35.2 Å². The molecule has 0 unspecified atom stereocenters. The smallest absolute Gasteiger partial charge is 0.144 e. The highest BCUT2D eigenvalue weighted by Crippen LogP contribution is 2.43. The van der Waals surface area contributed by atoms with E-state index in [0.717, 1.165) is 42.1 Å². The van der Waals surface area contributed by atoms with Crippen LogP contribution >= 0.6 is 45.9 Å². The van der Waals surface area contributed by atoms with Crippen molar-refractivity contribution < 1.29 is 0 Å². The molecule has 27 heavy (non-hydrogen) atoms. The monoisotopic (exact) mass is 428 g/mol. The highest BCUT2D eigenvalue weighted by Gasteiger charge is 2.19. The number of anilines is 1. The molecule has 0 aliphatic heterocycles. The van der Waals surface area contributed by atoms with E-state index >= 15 is 0 Å². The molecular formula is C19H10Cl2N4S2. The van der Waals surface area contributed by atoms with Crippen LogP contribution in [0.2, 0.25) is 10.0 Å². The van der Waals surface area contributed by atoms with E-state index in [1.807, 2.05) is 35.7 Å². The van der Waals surface area contributed by atoms with Gasteiger partial charge in [-0.25, -0.2) is 15.0 Å². The summed E-state index contributed by atoms with van der Waals surface area (Å²) in [7, 11) is 0. The summed E-state index contributed by atoms with van der Waals surface area (Å²) in [6, 6.07) is 11.6. The fourth-order valence-electron chi connectivity index (χ4n) is 3.06. The normalized spacial score (nSPS) is 11.5. The van der Waals surface area contributed by atoms with Gasteiger partial charge in [-0.15, -0.1) is 22.7 Å². The number of nitrogens with two attached hydrogens (primary N) is 1. The zero-order valence-corrected chi connectivity index (χ0v) is 16.8. The SMILES string of the molecule is Nc1ncnc2c1sc1nc(-c3cccs3)cc(-c3ccc(Cl)cc3Cl)c12. The predicted octanol–water partition coefficient (Wildman–Crippen LogP) is 6.52. The quantitative estimate of drug-likeness (QED) is 0.347. The first-order chi connectivity index (χ1) is 13.1. The fraction of sp³-hybridized carbons (Fsp3) is 0. The Morgan fingerprint density at radius 1 is 1.00 bits per heavy atom. The van der Waals surface area contributed by atoms with Crippen LogP contribution in [0.25, 0.3) is 42.1 Å². The molecule has 8 heteroatoms. The van der Waals surface area contributed by atoms with Gasteiger partial charge >= 0.3 is 0 Å². The van der Waals surface area contributed by atoms with Gasteiger partial charge in [-0.3, -0.25) is 0 Å². The lowest BCUT2D eigenvalue weighted by atomic mass is 10.0. The molecule has 5 aromatic rings. The highest BCUT2D eigenvalue weighted by atomic mass is 35.5. The number of nitrogen functional groups attached to an aromatic ring is 1. The van der Waals surface area contributed by atoms with Gasteiger partial charge in [0.2, 0.25) is 0 Å². The first-order valence-electron chi connectivity index (χ1n) is 7.95. The zero-order chi connectivity index (χ0) is 18.5. The Labute approximate surface area is 172 Å². The third-order valence-corrected chi connectivity index (χ3v) is 6.78. The average molecular weight is 429 g/mol. The van der Waals surface area contributed by atoms with Crippen LogP contribution in [0.1, 0.15) is 0 Å². The van der Waals surface area contributed by atoms with E-state index < -0.39 is 0 Å². The number of thiophene rings is 2. The van der Waals surface area contributed by atoms with Gasteiger partial charge < -0.3 is 5.73 Å². The molecule has 0 bridgehead atoms. The maximum absolute atomic E-state index is 6.53. The van der Waals surface area contributed by atoms with Crippen molar-refractivity contribution in [2.75, 3.05) is 5.73 Å². The molecule has 0 saturated carbocycles. The van der Waals surface area contributed by atoms with E-state index in [2.05, 4.69) is 9.97 Å². The third kappa shape index (κ3) is 2.76. The number of pyridine rings is 1. The first kappa shape index (κ1) is 16.9. The maximum Gasteiger partial charge on any atom is 0.144 e. The Kier molecular flexibility index (Phi) is 4.02. The molecular weight excluding hydrogens is 419 g/mol. The number of rotatable bonds is 2. The van der Waals surface area contributed by atoms with Crippen molar-refractivity contribution in [3.05, 3.63) is 58.2 Å². The van der Waals surface area contributed by atoms with Gasteiger partial charge in [0.05, 0.1) is 20.8 Å².